The lowest BCUT2D eigenvalue weighted by Gasteiger charge is -2.30. The number of amides is 2. The number of hydrogen-bond acceptors (Lipinski definition) is 4. The molecule has 0 heterocycles. The van der Waals surface area contributed by atoms with Gasteiger partial charge in [0.2, 0.25) is 0 Å². The molecule has 0 unspecified atom stereocenters. The average Bonchev–Trinajstić information content (AvgIpc) is 2.50. The summed E-state index contributed by atoms with van der Waals surface area (Å²) in [4.78, 5) is 37.7. The number of urea groups is 1. The molecule has 0 spiro atoms. The molecule has 122 valence electrons. The Balaban J connectivity index is 2.33. The summed E-state index contributed by atoms with van der Waals surface area (Å²) in [7, 11) is 0. The Morgan fingerprint density at radius 1 is 1.00 bits per heavy atom. The third-order valence-corrected chi connectivity index (χ3v) is 3.32. The molecule has 2 aromatic rings. The van der Waals surface area contributed by atoms with Crippen LogP contribution in [0.15, 0.2) is 39.9 Å². The lowest BCUT2D eigenvalue weighted by atomic mass is 10.1. The van der Waals surface area contributed by atoms with Crippen molar-refractivity contribution in [2.45, 2.75) is 39.8 Å². The van der Waals surface area contributed by atoms with E-state index in [0.717, 1.165) is 0 Å². The van der Waals surface area contributed by atoms with Gasteiger partial charge in [-0.05, 0) is 39.8 Å². The lowest BCUT2D eigenvalue weighted by Crippen LogP contribution is -2.50. The van der Waals surface area contributed by atoms with Crippen molar-refractivity contribution < 1.29 is 4.79 Å². The zero-order chi connectivity index (χ0) is 17.1. The molecule has 0 radical (unpaired) electrons. The van der Waals surface area contributed by atoms with Crippen LogP contribution in [0.4, 0.5) is 21.9 Å². The summed E-state index contributed by atoms with van der Waals surface area (Å²) in [5, 5.41) is 5.69. The van der Waals surface area contributed by atoms with Crippen LogP contribution in [0.1, 0.15) is 27.7 Å². The van der Waals surface area contributed by atoms with Crippen molar-refractivity contribution in [2.24, 2.45) is 0 Å². The van der Waals surface area contributed by atoms with Crippen LogP contribution in [0.3, 0.4) is 0 Å². The maximum absolute atomic E-state index is 12.6. The van der Waals surface area contributed by atoms with Gasteiger partial charge in [0.1, 0.15) is 11.4 Å². The van der Waals surface area contributed by atoms with E-state index < -0.39 is 16.9 Å². The van der Waals surface area contributed by atoms with Crippen LogP contribution in [0.25, 0.3) is 0 Å². The fraction of sp³-hybridized carbons (Fsp3) is 0.353. The standard InChI is InChI=1S/C17H21N3O3/c1-10(2)18-13-14(16(22)15(13)21)20(11(3)4)17(23)19-12-8-6-5-7-9-12/h5-11,18H,1-4H3,(H,19,23). The number of para-hydroxylation sites is 1. The minimum absolute atomic E-state index is 0.0109. The van der Waals surface area contributed by atoms with Crippen LogP contribution in [0, 0.1) is 0 Å². The normalized spacial score (nSPS) is 11.0. The van der Waals surface area contributed by atoms with E-state index in [2.05, 4.69) is 10.6 Å². The number of rotatable bonds is 5. The topological polar surface area (TPSA) is 78.5 Å². The van der Waals surface area contributed by atoms with Crippen LogP contribution in [0.2, 0.25) is 0 Å². The molecule has 0 bridgehead atoms. The van der Waals surface area contributed by atoms with E-state index >= 15 is 0 Å². The molecule has 23 heavy (non-hydrogen) atoms. The Labute approximate surface area is 134 Å². The molecule has 2 rings (SSSR count). The predicted octanol–water partition coefficient (Wildman–Crippen LogP) is 2.55. The fourth-order valence-corrected chi connectivity index (χ4v) is 2.33. The molecular weight excluding hydrogens is 294 g/mol. The van der Waals surface area contributed by atoms with E-state index in [0.29, 0.717) is 5.69 Å². The molecule has 0 aromatic heterocycles. The Morgan fingerprint density at radius 2 is 1.61 bits per heavy atom. The summed E-state index contributed by atoms with van der Waals surface area (Å²) in [5.41, 5.74) is -0.244. The second kappa shape index (κ2) is 6.64. The van der Waals surface area contributed by atoms with Gasteiger partial charge in [-0.25, -0.2) is 4.79 Å². The Bertz CT molecular complexity index is 759. The summed E-state index contributed by atoms with van der Waals surface area (Å²) in [6, 6.07) is 8.24. The minimum atomic E-state index is -0.634. The largest absolute Gasteiger partial charge is 0.378 e. The van der Waals surface area contributed by atoms with Gasteiger partial charge in [-0.2, -0.15) is 0 Å². The highest BCUT2D eigenvalue weighted by atomic mass is 16.2. The minimum Gasteiger partial charge on any atom is -0.378 e. The predicted molar refractivity (Wildman–Crippen MR) is 93.2 cm³/mol. The first-order valence-electron chi connectivity index (χ1n) is 7.58. The quantitative estimate of drug-likeness (QED) is 0.831. The molecule has 2 N–H and O–H groups in total. The van der Waals surface area contributed by atoms with Crippen LogP contribution < -0.4 is 26.4 Å². The zero-order valence-corrected chi connectivity index (χ0v) is 13.7. The lowest BCUT2D eigenvalue weighted by molar-refractivity contribution is 0.255. The summed E-state index contributed by atoms with van der Waals surface area (Å²) in [6.07, 6.45) is 0. The highest BCUT2D eigenvalue weighted by Crippen LogP contribution is 2.24. The number of nitrogens with one attached hydrogen (secondary N) is 2. The van der Waals surface area contributed by atoms with Gasteiger partial charge in [0.25, 0.3) is 10.9 Å². The van der Waals surface area contributed by atoms with Gasteiger partial charge >= 0.3 is 6.03 Å². The van der Waals surface area contributed by atoms with Gasteiger partial charge in [0.15, 0.2) is 0 Å². The van der Waals surface area contributed by atoms with Gasteiger partial charge in [0.05, 0.1) is 0 Å². The first-order chi connectivity index (χ1) is 10.8. The number of nitrogens with zero attached hydrogens (tertiary/aromatic N) is 1. The monoisotopic (exact) mass is 315 g/mol. The van der Waals surface area contributed by atoms with Crippen molar-refractivity contribution in [1.29, 1.82) is 0 Å². The summed E-state index contributed by atoms with van der Waals surface area (Å²) in [6.45, 7) is 7.32. The van der Waals surface area contributed by atoms with E-state index in [-0.39, 0.29) is 23.5 Å². The number of carbonyl (C=O) groups excluding carboxylic acids is 1. The van der Waals surface area contributed by atoms with Crippen molar-refractivity contribution in [3.63, 3.8) is 0 Å². The SMILES string of the molecule is CC(C)Nc1c(N(C(=O)Nc2ccccc2)C(C)C)c(=O)c1=O. The van der Waals surface area contributed by atoms with Crippen molar-refractivity contribution >= 4 is 23.1 Å². The van der Waals surface area contributed by atoms with Crippen LogP contribution in [0.5, 0.6) is 0 Å². The third-order valence-electron chi connectivity index (χ3n) is 3.32. The van der Waals surface area contributed by atoms with E-state index in [1.54, 1.807) is 38.1 Å². The van der Waals surface area contributed by atoms with E-state index in [1.807, 2.05) is 19.9 Å². The molecule has 2 amide bonds. The molecule has 2 aromatic carbocycles. The van der Waals surface area contributed by atoms with Crippen molar-refractivity contribution in [2.75, 3.05) is 15.5 Å². The summed E-state index contributed by atoms with van der Waals surface area (Å²) >= 11 is 0. The molecule has 6 heteroatoms. The first kappa shape index (κ1) is 16.7. The van der Waals surface area contributed by atoms with E-state index in [4.69, 9.17) is 0 Å². The van der Waals surface area contributed by atoms with E-state index in [9.17, 15) is 14.4 Å². The molecule has 0 aliphatic rings. The van der Waals surface area contributed by atoms with E-state index in [1.165, 1.54) is 4.90 Å². The number of hydrogen-bond donors (Lipinski definition) is 2. The molecule has 0 saturated heterocycles. The molecule has 0 aliphatic heterocycles. The fourth-order valence-electron chi connectivity index (χ4n) is 2.33. The number of carbonyl (C=O) groups is 1. The molecular formula is C17H21N3O3. The second-order valence-electron chi connectivity index (χ2n) is 5.94. The van der Waals surface area contributed by atoms with Crippen LogP contribution in [-0.4, -0.2) is 18.1 Å². The molecule has 0 aliphatic carbocycles. The van der Waals surface area contributed by atoms with Gasteiger partial charge in [-0.1, -0.05) is 18.2 Å². The summed E-state index contributed by atoms with van der Waals surface area (Å²) in [5.74, 6) is 0. The maximum Gasteiger partial charge on any atom is 0.326 e. The maximum atomic E-state index is 12.6. The molecule has 0 fully saturated rings. The van der Waals surface area contributed by atoms with Crippen molar-refractivity contribution in [3.05, 3.63) is 50.8 Å². The Morgan fingerprint density at radius 3 is 2.13 bits per heavy atom. The highest BCUT2D eigenvalue weighted by Gasteiger charge is 2.31. The Kier molecular flexibility index (Phi) is 4.83. The smallest absolute Gasteiger partial charge is 0.326 e. The molecule has 0 saturated carbocycles. The van der Waals surface area contributed by atoms with Crippen molar-refractivity contribution in [3.8, 4) is 0 Å². The highest BCUT2D eigenvalue weighted by molar-refractivity contribution is 6.05. The Hall–Kier alpha value is -2.63. The van der Waals surface area contributed by atoms with Gasteiger partial charge in [-0.15, -0.1) is 0 Å². The van der Waals surface area contributed by atoms with Gasteiger partial charge in [-0.3, -0.25) is 14.5 Å². The number of anilines is 3. The number of benzene rings is 1. The van der Waals surface area contributed by atoms with Crippen LogP contribution >= 0.6 is 0 Å². The molecule has 6 nitrogen and oxygen atoms in total. The third kappa shape index (κ3) is 3.41. The van der Waals surface area contributed by atoms with Crippen LogP contribution in [-0.2, 0) is 0 Å². The zero-order valence-electron chi connectivity index (χ0n) is 13.7. The second-order valence-corrected chi connectivity index (χ2v) is 5.94. The first-order valence-corrected chi connectivity index (χ1v) is 7.58. The van der Waals surface area contributed by atoms with Gasteiger partial charge in [0, 0.05) is 17.8 Å². The van der Waals surface area contributed by atoms with Crippen molar-refractivity contribution in [1.82, 2.24) is 0 Å². The average molecular weight is 315 g/mol. The van der Waals surface area contributed by atoms with Gasteiger partial charge < -0.3 is 10.6 Å². The molecule has 0 atom stereocenters. The summed E-state index contributed by atoms with van der Waals surface area (Å²) < 4.78 is 0.